The Labute approximate surface area is 105 Å². The molecule has 0 aromatic carbocycles. The highest BCUT2D eigenvalue weighted by Gasteiger charge is 1.96. The van der Waals surface area contributed by atoms with Gasteiger partial charge in [-0.1, -0.05) is 64.1 Å². The molecule has 0 heterocycles. The van der Waals surface area contributed by atoms with Gasteiger partial charge >= 0.3 is 0 Å². The monoisotopic (exact) mass is 242 g/mol. The van der Waals surface area contributed by atoms with Crippen molar-refractivity contribution in [2.45, 2.75) is 70.5 Å². The van der Waals surface area contributed by atoms with Crippen LogP contribution in [0, 0.1) is 0 Å². The molecule has 16 heavy (non-hydrogen) atoms. The molecule has 0 rings (SSSR count). The lowest BCUT2D eigenvalue weighted by atomic mass is 10.1. The van der Waals surface area contributed by atoms with Gasteiger partial charge in [0.05, 0.1) is 0 Å². The summed E-state index contributed by atoms with van der Waals surface area (Å²) < 4.78 is 0. The average Bonchev–Trinajstić information content (AvgIpc) is 2.20. The van der Waals surface area contributed by atoms with E-state index in [-0.39, 0.29) is 8.80 Å². The molecule has 0 atom stereocenters. The van der Waals surface area contributed by atoms with E-state index in [1.54, 1.807) is 0 Å². The highest BCUT2D eigenvalue weighted by atomic mass is 28.3. The standard InChI is InChI=1S/C14H32NSi/c1-15(2)13-11-9-7-5-6-8-10-12-14-16(3)4/h5-14H2,1-4H3. The summed E-state index contributed by atoms with van der Waals surface area (Å²) in [7, 11) is 4.38. The molecule has 0 saturated heterocycles. The van der Waals surface area contributed by atoms with Crippen LogP contribution in [-0.2, 0) is 0 Å². The minimum absolute atomic E-state index is 0.0484. The second-order valence-electron chi connectivity index (χ2n) is 5.59. The Bertz CT molecular complexity index is 119. The summed E-state index contributed by atoms with van der Waals surface area (Å²) in [6.45, 7) is 6.11. The molecule has 0 fully saturated rings. The zero-order valence-corrected chi connectivity index (χ0v) is 13.0. The van der Waals surface area contributed by atoms with Crippen molar-refractivity contribution in [1.29, 1.82) is 0 Å². The molecule has 1 radical (unpaired) electrons. The summed E-state index contributed by atoms with van der Waals surface area (Å²) in [5.74, 6) is 0. The lowest BCUT2D eigenvalue weighted by Crippen LogP contribution is -2.12. The minimum Gasteiger partial charge on any atom is -0.309 e. The first-order chi connectivity index (χ1) is 7.63. The maximum Gasteiger partial charge on any atom is 0.0412 e. The van der Waals surface area contributed by atoms with E-state index in [0.29, 0.717) is 0 Å². The molecule has 1 nitrogen and oxygen atoms in total. The molecule has 97 valence electrons. The Balaban J connectivity index is 2.93. The van der Waals surface area contributed by atoms with E-state index in [0.717, 1.165) is 0 Å². The molecule has 0 aromatic heterocycles. The van der Waals surface area contributed by atoms with Gasteiger partial charge in [0.2, 0.25) is 0 Å². The highest BCUT2D eigenvalue weighted by molar-refractivity contribution is 6.55. The molecule has 2 heteroatoms. The molecule has 0 unspecified atom stereocenters. The molecule has 0 amide bonds. The molecule has 0 aliphatic rings. The summed E-state index contributed by atoms with van der Waals surface area (Å²) in [5, 5.41) is 0. The van der Waals surface area contributed by atoms with Crippen LogP contribution in [0.25, 0.3) is 0 Å². The quantitative estimate of drug-likeness (QED) is 0.383. The molecule has 0 aliphatic heterocycles. The van der Waals surface area contributed by atoms with Gasteiger partial charge in [-0.2, -0.15) is 0 Å². The number of hydrogen-bond acceptors (Lipinski definition) is 1. The van der Waals surface area contributed by atoms with E-state index in [4.69, 9.17) is 0 Å². The van der Waals surface area contributed by atoms with E-state index < -0.39 is 0 Å². The number of nitrogens with zero attached hydrogens (tertiary/aromatic N) is 1. The van der Waals surface area contributed by atoms with Gasteiger partial charge in [0.15, 0.2) is 0 Å². The second kappa shape index (κ2) is 11.7. The Morgan fingerprint density at radius 1 is 0.688 bits per heavy atom. The first-order valence-corrected chi connectivity index (χ1v) is 9.77. The van der Waals surface area contributed by atoms with Gasteiger partial charge < -0.3 is 4.90 Å². The van der Waals surface area contributed by atoms with Crippen LogP contribution in [0.15, 0.2) is 0 Å². The van der Waals surface area contributed by atoms with Gasteiger partial charge in [-0.3, -0.25) is 0 Å². The van der Waals surface area contributed by atoms with Gasteiger partial charge in [-0.05, 0) is 27.1 Å². The van der Waals surface area contributed by atoms with Crippen LogP contribution in [0.4, 0.5) is 0 Å². The summed E-state index contributed by atoms with van der Waals surface area (Å²) in [6.07, 6.45) is 11.6. The largest absolute Gasteiger partial charge is 0.309 e. The Morgan fingerprint density at radius 2 is 1.12 bits per heavy atom. The molecule has 0 spiro atoms. The topological polar surface area (TPSA) is 3.24 Å². The fraction of sp³-hybridized carbons (Fsp3) is 1.00. The van der Waals surface area contributed by atoms with Crippen LogP contribution in [0.3, 0.4) is 0 Å². The lowest BCUT2D eigenvalue weighted by Gasteiger charge is -2.08. The zero-order valence-electron chi connectivity index (χ0n) is 12.0. The van der Waals surface area contributed by atoms with E-state index in [9.17, 15) is 0 Å². The Hall–Kier alpha value is 0.177. The van der Waals surface area contributed by atoms with Crippen molar-refractivity contribution < 1.29 is 0 Å². The predicted molar refractivity (Wildman–Crippen MR) is 77.8 cm³/mol. The van der Waals surface area contributed by atoms with Crippen LogP contribution in [0.5, 0.6) is 0 Å². The molecule has 0 bridgehead atoms. The summed E-state index contributed by atoms with van der Waals surface area (Å²) in [6, 6.07) is 1.52. The van der Waals surface area contributed by atoms with Gasteiger partial charge in [-0.15, -0.1) is 0 Å². The summed E-state index contributed by atoms with van der Waals surface area (Å²) in [4.78, 5) is 2.29. The van der Waals surface area contributed by atoms with Crippen molar-refractivity contribution in [3.05, 3.63) is 0 Å². The summed E-state index contributed by atoms with van der Waals surface area (Å²) >= 11 is 0. The molecule has 0 aliphatic carbocycles. The maximum atomic E-state index is 2.43. The van der Waals surface area contributed by atoms with Crippen LogP contribution < -0.4 is 0 Å². The third kappa shape index (κ3) is 14.2. The third-order valence-electron chi connectivity index (χ3n) is 3.03. The Kier molecular flexibility index (Phi) is 11.8. The van der Waals surface area contributed by atoms with Crippen LogP contribution in [-0.4, -0.2) is 34.3 Å². The van der Waals surface area contributed by atoms with Crippen molar-refractivity contribution in [3.63, 3.8) is 0 Å². The number of rotatable bonds is 11. The van der Waals surface area contributed by atoms with E-state index in [2.05, 4.69) is 32.1 Å². The first-order valence-electron chi connectivity index (χ1n) is 7.06. The molecular formula is C14H32NSi. The van der Waals surface area contributed by atoms with E-state index in [1.807, 2.05) is 0 Å². The van der Waals surface area contributed by atoms with E-state index >= 15 is 0 Å². The van der Waals surface area contributed by atoms with Gasteiger partial charge in [0, 0.05) is 8.80 Å². The van der Waals surface area contributed by atoms with Crippen molar-refractivity contribution in [3.8, 4) is 0 Å². The normalized spacial score (nSPS) is 11.6. The average molecular weight is 243 g/mol. The maximum absolute atomic E-state index is 2.43. The predicted octanol–water partition coefficient (Wildman–Crippen LogP) is 4.42. The van der Waals surface area contributed by atoms with E-state index in [1.165, 1.54) is 64.0 Å². The van der Waals surface area contributed by atoms with Crippen LogP contribution >= 0.6 is 0 Å². The Morgan fingerprint density at radius 3 is 1.56 bits per heavy atom. The SMILES string of the molecule is CN(C)CCCCCCCCCC[Si](C)C. The number of unbranched alkanes of at least 4 members (excludes halogenated alkanes) is 7. The fourth-order valence-corrected chi connectivity index (χ4v) is 2.92. The van der Waals surface area contributed by atoms with Crippen molar-refractivity contribution in [2.24, 2.45) is 0 Å². The zero-order chi connectivity index (χ0) is 12.2. The third-order valence-corrected chi connectivity index (χ3v) is 4.39. The molecule has 0 aromatic rings. The van der Waals surface area contributed by atoms with Crippen LogP contribution in [0.1, 0.15) is 51.4 Å². The first kappa shape index (κ1) is 16.2. The van der Waals surface area contributed by atoms with Crippen LogP contribution in [0.2, 0.25) is 19.1 Å². The molecule has 0 N–H and O–H groups in total. The van der Waals surface area contributed by atoms with Crippen molar-refractivity contribution in [2.75, 3.05) is 20.6 Å². The van der Waals surface area contributed by atoms with Gasteiger partial charge in [0.25, 0.3) is 0 Å². The molecule has 0 saturated carbocycles. The highest BCUT2D eigenvalue weighted by Crippen LogP contribution is 2.10. The van der Waals surface area contributed by atoms with Crippen molar-refractivity contribution >= 4 is 8.80 Å². The molecular weight excluding hydrogens is 210 g/mol. The summed E-state index contributed by atoms with van der Waals surface area (Å²) in [5.41, 5.74) is 0. The number of hydrogen-bond donors (Lipinski definition) is 0. The fourth-order valence-electron chi connectivity index (χ4n) is 1.97. The minimum atomic E-state index is 0.0484. The van der Waals surface area contributed by atoms with Gasteiger partial charge in [0.1, 0.15) is 0 Å². The second-order valence-corrected chi connectivity index (χ2v) is 8.50. The van der Waals surface area contributed by atoms with Gasteiger partial charge in [-0.25, -0.2) is 0 Å². The lowest BCUT2D eigenvalue weighted by molar-refractivity contribution is 0.389. The van der Waals surface area contributed by atoms with Crippen molar-refractivity contribution in [1.82, 2.24) is 4.90 Å². The smallest absolute Gasteiger partial charge is 0.0412 e.